The average molecular weight is 393 g/mol. The molecule has 0 saturated heterocycles. The number of ether oxygens (including phenoxy) is 2. The van der Waals surface area contributed by atoms with E-state index >= 15 is 0 Å². The maximum Gasteiger partial charge on any atom is 0.341 e. The van der Waals surface area contributed by atoms with Crippen LogP contribution in [0.2, 0.25) is 0 Å². The molecule has 1 amide bonds. The lowest BCUT2D eigenvalue weighted by Gasteiger charge is -2.27. The quantitative estimate of drug-likeness (QED) is 0.717. The molecule has 0 fully saturated rings. The summed E-state index contributed by atoms with van der Waals surface area (Å²) in [6, 6.07) is 7.75. The molecule has 0 atom stereocenters. The second-order valence-corrected chi connectivity index (χ2v) is 6.48. The Hall–Kier alpha value is -3.16. The number of benzene rings is 2. The largest absolute Gasteiger partial charge is 0.490 e. The molecule has 0 unspecified atom stereocenters. The molecule has 0 aliphatic heterocycles. The number of carboxylic acid groups (broad SMARTS) is 1. The SMILES string of the molecule is CCOc1cc(C(=O)NC(C)(C)c2ccc(F)c(F)c2)ccc1OCC(=O)O. The molecule has 0 aromatic heterocycles. The van der Waals surface area contributed by atoms with Gasteiger partial charge in [-0.25, -0.2) is 13.6 Å². The number of hydrogen-bond donors (Lipinski definition) is 2. The van der Waals surface area contributed by atoms with Crippen molar-refractivity contribution >= 4 is 11.9 Å². The Morgan fingerprint density at radius 2 is 1.75 bits per heavy atom. The monoisotopic (exact) mass is 393 g/mol. The van der Waals surface area contributed by atoms with E-state index in [1.165, 1.54) is 24.3 Å². The first-order valence-corrected chi connectivity index (χ1v) is 8.53. The number of halogens is 2. The van der Waals surface area contributed by atoms with Crippen molar-refractivity contribution in [2.45, 2.75) is 26.3 Å². The van der Waals surface area contributed by atoms with Crippen LogP contribution < -0.4 is 14.8 Å². The number of carboxylic acids is 1. The molecule has 0 heterocycles. The number of amides is 1. The van der Waals surface area contributed by atoms with Crippen molar-refractivity contribution in [3.63, 3.8) is 0 Å². The Labute approximate surface area is 161 Å². The first-order chi connectivity index (χ1) is 13.1. The van der Waals surface area contributed by atoms with Crippen molar-refractivity contribution in [2.24, 2.45) is 0 Å². The Morgan fingerprint density at radius 3 is 2.36 bits per heavy atom. The first kappa shape index (κ1) is 21.1. The van der Waals surface area contributed by atoms with E-state index < -0.39 is 35.7 Å². The minimum absolute atomic E-state index is 0.195. The number of nitrogens with one attached hydrogen (secondary N) is 1. The van der Waals surface area contributed by atoms with E-state index in [2.05, 4.69) is 5.32 Å². The summed E-state index contributed by atoms with van der Waals surface area (Å²) in [4.78, 5) is 23.3. The molecule has 0 radical (unpaired) electrons. The molecule has 6 nitrogen and oxygen atoms in total. The third-order valence-corrected chi connectivity index (χ3v) is 3.92. The van der Waals surface area contributed by atoms with Crippen LogP contribution in [0.25, 0.3) is 0 Å². The number of carbonyl (C=O) groups is 2. The van der Waals surface area contributed by atoms with Crippen molar-refractivity contribution in [1.82, 2.24) is 5.32 Å². The van der Waals surface area contributed by atoms with Gasteiger partial charge in [0.25, 0.3) is 5.91 Å². The van der Waals surface area contributed by atoms with Crippen LogP contribution in [0.4, 0.5) is 8.78 Å². The summed E-state index contributed by atoms with van der Waals surface area (Å²) in [5.41, 5.74) is -0.344. The highest BCUT2D eigenvalue weighted by Crippen LogP contribution is 2.29. The fraction of sp³-hybridized carbons (Fsp3) is 0.300. The summed E-state index contributed by atoms with van der Waals surface area (Å²) >= 11 is 0. The summed E-state index contributed by atoms with van der Waals surface area (Å²) in [7, 11) is 0. The van der Waals surface area contributed by atoms with E-state index in [0.29, 0.717) is 5.56 Å². The highest BCUT2D eigenvalue weighted by Gasteiger charge is 2.25. The van der Waals surface area contributed by atoms with Crippen LogP contribution >= 0.6 is 0 Å². The normalized spacial score (nSPS) is 11.0. The maximum atomic E-state index is 13.5. The summed E-state index contributed by atoms with van der Waals surface area (Å²) in [5.74, 6) is -3.16. The molecule has 2 aromatic carbocycles. The lowest BCUT2D eigenvalue weighted by molar-refractivity contribution is -0.139. The van der Waals surface area contributed by atoms with Crippen LogP contribution in [-0.2, 0) is 10.3 Å². The summed E-state index contributed by atoms with van der Waals surface area (Å²) in [5, 5.41) is 11.5. The highest BCUT2D eigenvalue weighted by atomic mass is 19.2. The van der Waals surface area contributed by atoms with Gasteiger partial charge in [-0.15, -0.1) is 0 Å². The van der Waals surface area contributed by atoms with Gasteiger partial charge in [0.1, 0.15) is 0 Å². The van der Waals surface area contributed by atoms with Gasteiger partial charge in [0.15, 0.2) is 29.7 Å². The lowest BCUT2D eigenvalue weighted by atomic mass is 9.93. The number of aliphatic carboxylic acids is 1. The van der Waals surface area contributed by atoms with E-state index in [-0.39, 0.29) is 23.7 Å². The van der Waals surface area contributed by atoms with Gasteiger partial charge in [-0.2, -0.15) is 0 Å². The number of carbonyl (C=O) groups excluding carboxylic acids is 1. The van der Waals surface area contributed by atoms with E-state index in [9.17, 15) is 18.4 Å². The molecule has 0 spiro atoms. The zero-order valence-corrected chi connectivity index (χ0v) is 15.7. The Balaban J connectivity index is 2.23. The highest BCUT2D eigenvalue weighted by molar-refractivity contribution is 5.95. The van der Waals surface area contributed by atoms with E-state index in [4.69, 9.17) is 14.6 Å². The smallest absolute Gasteiger partial charge is 0.341 e. The van der Waals surface area contributed by atoms with Crippen molar-refractivity contribution in [3.8, 4) is 11.5 Å². The van der Waals surface area contributed by atoms with Crippen molar-refractivity contribution in [2.75, 3.05) is 13.2 Å². The second-order valence-electron chi connectivity index (χ2n) is 6.48. The van der Waals surface area contributed by atoms with Crippen LogP contribution in [-0.4, -0.2) is 30.2 Å². The lowest BCUT2D eigenvalue weighted by Crippen LogP contribution is -2.41. The van der Waals surface area contributed by atoms with Gasteiger partial charge in [0.05, 0.1) is 12.1 Å². The molecule has 28 heavy (non-hydrogen) atoms. The van der Waals surface area contributed by atoms with E-state index in [0.717, 1.165) is 12.1 Å². The molecule has 0 aliphatic carbocycles. The minimum Gasteiger partial charge on any atom is -0.490 e. The van der Waals surface area contributed by atoms with Gasteiger partial charge in [0, 0.05) is 5.56 Å². The fourth-order valence-corrected chi connectivity index (χ4v) is 2.49. The van der Waals surface area contributed by atoms with Crippen molar-refractivity contribution < 1.29 is 33.0 Å². The van der Waals surface area contributed by atoms with Crippen LogP contribution in [0.1, 0.15) is 36.7 Å². The first-order valence-electron chi connectivity index (χ1n) is 8.53. The van der Waals surface area contributed by atoms with Crippen LogP contribution in [0.5, 0.6) is 11.5 Å². The average Bonchev–Trinajstić information content (AvgIpc) is 2.62. The molecule has 0 saturated carbocycles. The number of hydrogen-bond acceptors (Lipinski definition) is 4. The molecule has 8 heteroatoms. The molecule has 2 aromatic rings. The van der Waals surface area contributed by atoms with Gasteiger partial charge in [0.2, 0.25) is 0 Å². The minimum atomic E-state index is -1.14. The predicted octanol–water partition coefficient (Wildman–Crippen LogP) is 3.49. The topological polar surface area (TPSA) is 84.9 Å². The standard InChI is InChI=1S/C20H21F2NO5/c1-4-27-17-9-12(5-8-16(17)28-11-18(24)25)19(26)23-20(2,3)13-6-7-14(21)15(22)10-13/h5-10H,4,11H2,1-3H3,(H,23,26)(H,24,25). The van der Waals surface area contributed by atoms with Crippen LogP contribution in [0.3, 0.4) is 0 Å². The zero-order valence-electron chi connectivity index (χ0n) is 15.7. The third kappa shape index (κ3) is 5.18. The Kier molecular flexibility index (Phi) is 6.56. The zero-order chi connectivity index (χ0) is 20.9. The second kappa shape index (κ2) is 8.69. The summed E-state index contributed by atoms with van der Waals surface area (Å²) in [6.07, 6.45) is 0. The molecule has 2 N–H and O–H groups in total. The Morgan fingerprint density at radius 1 is 1.04 bits per heavy atom. The summed E-state index contributed by atoms with van der Waals surface area (Å²) in [6.45, 7) is 4.79. The van der Waals surface area contributed by atoms with Crippen molar-refractivity contribution in [3.05, 3.63) is 59.2 Å². The van der Waals surface area contributed by atoms with Gasteiger partial charge in [-0.05, 0) is 56.7 Å². The molecular weight excluding hydrogens is 372 g/mol. The maximum absolute atomic E-state index is 13.5. The molecule has 150 valence electrons. The predicted molar refractivity (Wildman–Crippen MR) is 97.6 cm³/mol. The van der Waals surface area contributed by atoms with Crippen LogP contribution in [0.15, 0.2) is 36.4 Å². The van der Waals surface area contributed by atoms with Gasteiger partial charge in [-0.1, -0.05) is 6.07 Å². The molecule has 2 rings (SSSR count). The van der Waals surface area contributed by atoms with Crippen molar-refractivity contribution in [1.29, 1.82) is 0 Å². The number of rotatable bonds is 8. The summed E-state index contributed by atoms with van der Waals surface area (Å²) < 4.78 is 37.2. The molecule has 0 aliphatic rings. The van der Waals surface area contributed by atoms with Gasteiger partial charge < -0.3 is 19.9 Å². The van der Waals surface area contributed by atoms with Gasteiger partial charge in [-0.3, -0.25) is 4.79 Å². The van der Waals surface area contributed by atoms with E-state index in [1.54, 1.807) is 20.8 Å². The Bertz CT molecular complexity index is 883. The molecular formula is C20H21F2NO5. The third-order valence-electron chi connectivity index (χ3n) is 3.92. The van der Waals surface area contributed by atoms with E-state index in [1.807, 2.05) is 0 Å². The fourth-order valence-electron chi connectivity index (χ4n) is 2.49. The van der Waals surface area contributed by atoms with Crippen LogP contribution in [0, 0.1) is 11.6 Å². The van der Waals surface area contributed by atoms with Gasteiger partial charge >= 0.3 is 5.97 Å². The molecule has 0 bridgehead atoms.